The zero-order valence-electron chi connectivity index (χ0n) is 16.9. The predicted molar refractivity (Wildman–Crippen MR) is 106 cm³/mol. The molecule has 0 saturated carbocycles. The molecule has 2 amide bonds. The number of likely N-dealkylation sites (tertiary alicyclic amines) is 1. The minimum absolute atomic E-state index is 0.0191. The number of carbonyl (C=O) groups is 2. The van der Waals surface area contributed by atoms with Crippen LogP contribution in [-0.4, -0.2) is 87.2 Å². The van der Waals surface area contributed by atoms with Gasteiger partial charge in [-0.05, 0) is 27.2 Å². The Labute approximate surface area is 166 Å². The highest BCUT2D eigenvalue weighted by atomic mass is 32.2. The average Bonchev–Trinajstić information content (AvgIpc) is 2.85. The monoisotopic (exact) mass is 417 g/mol. The molecule has 0 spiro atoms. The summed E-state index contributed by atoms with van der Waals surface area (Å²) in [6, 6.07) is -0.222. The molecular weight excluding hydrogens is 386 g/mol. The van der Waals surface area contributed by atoms with E-state index < -0.39 is 15.4 Å². The summed E-state index contributed by atoms with van der Waals surface area (Å²) in [6.07, 6.45) is 0.353. The van der Waals surface area contributed by atoms with E-state index in [2.05, 4.69) is 20.9 Å². The number of hydrogen-bond acceptors (Lipinski definition) is 6. The smallest absolute Gasteiger partial charge is 0.410 e. The third kappa shape index (κ3) is 7.17. The number of rotatable bonds is 5. The highest BCUT2D eigenvalue weighted by Gasteiger charge is 2.34. The van der Waals surface area contributed by atoms with Crippen molar-refractivity contribution < 1.29 is 22.7 Å². The first kappa shape index (κ1) is 22.3. The Bertz CT molecular complexity index is 710. The standard InChI is InChI=1S/C17H31N5O5S/c1-17(2,3)27-16(24)22-9-13(10-22)21-15(18-4)19-7-5-14(23)20-12-6-8-28(25,26)11-12/h12-13H,5-11H2,1-4H3,(H,20,23)(H2,18,19,21). The summed E-state index contributed by atoms with van der Waals surface area (Å²) in [5.41, 5.74) is -0.517. The van der Waals surface area contributed by atoms with Crippen LogP contribution in [0.1, 0.15) is 33.6 Å². The predicted octanol–water partition coefficient (Wildman–Crippen LogP) is -0.536. The molecule has 2 aliphatic heterocycles. The van der Waals surface area contributed by atoms with Crippen LogP contribution in [0.3, 0.4) is 0 Å². The maximum Gasteiger partial charge on any atom is 0.410 e. The lowest BCUT2D eigenvalue weighted by Gasteiger charge is -2.40. The van der Waals surface area contributed by atoms with Crippen LogP contribution in [0, 0.1) is 0 Å². The van der Waals surface area contributed by atoms with Crippen LogP contribution in [0.25, 0.3) is 0 Å². The first-order chi connectivity index (χ1) is 13.0. The van der Waals surface area contributed by atoms with Crippen molar-refractivity contribution in [2.24, 2.45) is 4.99 Å². The van der Waals surface area contributed by atoms with Crippen LogP contribution in [-0.2, 0) is 19.4 Å². The molecule has 1 atom stereocenters. The lowest BCUT2D eigenvalue weighted by Crippen LogP contribution is -2.63. The number of hydrogen-bond donors (Lipinski definition) is 3. The topological polar surface area (TPSA) is 129 Å². The molecule has 11 heteroatoms. The molecular formula is C17H31N5O5S. The van der Waals surface area contributed by atoms with Crippen LogP contribution in [0.15, 0.2) is 4.99 Å². The van der Waals surface area contributed by atoms with E-state index in [0.29, 0.717) is 32.0 Å². The van der Waals surface area contributed by atoms with E-state index in [1.165, 1.54) is 0 Å². The minimum Gasteiger partial charge on any atom is -0.444 e. The van der Waals surface area contributed by atoms with Gasteiger partial charge in [0.05, 0.1) is 17.5 Å². The number of nitrogens with one attached hydrogen (secondary N) is 3. The molecule has 10 nitrogen and oxygen atoms in total. The van der Waals surface area contributed by atoms with Crippen LogP contribution in [0.4, 0.5) is 4.79 Å². The van der Waals surface area contributed by atoms with Crippen molar-refractivity contribution in [1.29, 1.82) is 0 Å². The molecule has 3 N–H and O–H groups in total. The van der Waals surface area contributed by atoms with Gasteiger partial charge < -0.3 is 25.6 Å². The van der Waals surface area contributed by atoms with Gasteiger partial charge in [0, 0.05) is 39.1 Å². The quantitative estimate of drug-likeness (QED) is 0.405. The van der Waals surface area contributed by atoms with Crippen molar-refractivity contribution >= 4 is 27.8 Å². The lowest BCUT2D eigenvalue weighted by atomic mass is 10.1. The summed E-state index contributed by atoms with van der Waals surface area (Å²) >= 11 is 0. The van der Waals surface area contributed by atoms with Gasteiger partial charge in [-0.25, -0.2) is 13.2 Å². The van der Waals surface area contributed by atoms with Crippen molar-refractivity contribution in [1.82, 2.24) is 20.9 Å². The van der Waals surface area contributed by atoms with Crippen LogP contribution < -0.4 is 16.0 Å². The molecule has 2 fully saturated rings. The molecule has 1 unspecified atom stereocenters. The molecule has 0 aromatic carbocycles. The third-order valence-electron chi connectivity index (χ3n) is 4.34. The Kier molecular flexibility index (Phi) is 7.13. The number of nitrogens with zero attached hydrogens (tertiary/aromatic N) is 2. The molecule has 0 aromatic rings. The highest BCUT2D eigenvalue weighted by Crippen LogP contribution is 2.15. The number of sulfone groups is 1. The summed E-state index contributed by atoms with van der Waals surface area (Å²) in [4.78, 5) is 29.6. The van der Waals surface area contributed by atoms with Crippen molar-refractivity contribution in [3.05, 3.63) is 0 Å². The second kappa shape index (κ2) is 8.97. The molecule has 0 aliphatic carbocycles. The molecule has 2 saturated heterocycles. The van der Waals surface area contributed by atoms with Crippen molar-refractivity contribution in [3.8, 4) is 0 Å². The molecule has 0 aromatic heterocycles. The summed E-state index contributed by atoms with van der Waals surface area (Å²) in [5.74, 6) is 0.509. The van der Waals surface area contributed by atoms with E-state index in [4.69, 9.17) is 4.74 Å². The molecule has 2 aliphatic rings. The van der Waals surface area contributed by atoms with Gasteiger partial charge in [-0.3, -0.25) is 9.79 Å². The van der Waals surface area contributed by atoms with Crippen LogP contribution >= 0.6 is 0 Å². The fourth-order valence-electron chi connectivity index (χ4n) is 2.94. The summed E-state index contributed by atoms with van der Waals surface area (Å²) in [7, 11) is -1.38. The van der Waals surface area contributed by atoms with E-state index >= 15 is 0 Å². The normalized spacial score (nSPS) is 22.4. The van der Waals surface area contributed by atoms with E-state index in [9.17, 15) is 18.0 Å². The van der Waals surface area contributed by atoms with Crippen molar-refractivity contribution in [2.75, 3.05) is 38.2 Å². The van der Waals surface area contributed by atoms with E-state index in [1.807, 2.05) is 20.8 Å². The lowest BCUT2D eigenvalue weighted by molar-refractivity contribution is -0.121. The van der Waals surface area contributed by atoms with Gasteiger partial charge in [-0.15, -0.1) is 0 Å². The number of aliphatic imine (C=N–C) groups is 1. The zero-order valence-corrected chi connectivity index (χ0v) is 17.8. The zero-order chi connectivity index (χ0) is 20.9. The fraction of sp³-hybridized carbons (Fsp3) is 0.824. The van der Waals surface area contributed by atoms with Gasteiger partial charge in [-0.1, -0.05) is 0 Å². The van der Waals surface area contributed by atoms with Crippen molar-refractivity contribution in [2.45, 2.75) is 51.3 Å². The Hall–Kier alpha value is -2.04. The molecule has 28 heavy (non-hydrogen) atoms. The largest absolute Gasteiger partial charge is 0.444 e. The average molecular weight is 418 g/mol. The number of carbonyl (C=O) groups excluding carboxylic acids is 2. The Morgan fingerprint density at radius 2 is 1.86 bits per heavy atom. The first-order valence-corrected chi connectivity index (χ1v) is 11.2. The maximum absolute atomic E-state index is 11.9. The second-order valence-electron chi connectivity index (χ2n) is 8.14. The molecule has 2 heterocycles. The maximum atomic E-state index is 11.9. The highest BCUT2D eigenvalue weighted by molar-refractivity contribution is 7.91. The van der Waals surface area contributed by atoms with Gasteiger partial charge in [0.1, 0.15) is 5.60 Å². The molecule has 0 radical (unpaired) electrons. The molecule has 160 valence electrons. The first-order valence-electron chi connectivity index (χ1n) is 9.42. The molecule has 0 bridgehead atoms. The van der Waals surface area contributed by atoms with Crippen molar-refractivity contribution in [3.63, 3.8) is 0 Å². The summed E-state index contributed by atoms with van der Waals surface area (Å²) in [6.45, 7) is 6.89. The Balaban J connectivity index is 1.62. The second-order valence-corrected chi connectivity index (χ2v) is 10.4. The third-order valence-corrected chi connectivity index (χ3v) is 6.11. The van der Waals surface area contributed by atoms with Gasteiger partial charge in [0.25, 0.3) is 0 Å². The Morgan fingerprint density at radius 1 is 1.18 bits per heavy atom. The molecule has 2 rings (SSSR count). The van der Waals surface area contributed by atoms with E-state index in [1.54, 1.807) is 11.9 Å². The summed E-state index contributed by atoms with van der Waals surface area (Å²) in [5, 5.41) is 8.98. The number of amides is 2. The van der Waals surface area contributed by atoms with Gasteiger partial charge >= 0.3 is 6.09 Å². The number of guanidine groups is 1. The number of ether oxygens (including phenoxy) is 1. The van der Waals surface area contributed by atoms with Crippen LogP contribution in [0.5, 0.6) is 0 Å². The minimum atomic E-state index is -3.01. The van der Waals surface area contributed by atoms with Gasteiger partial charge in [-0.2, -0.15) is 0 Å². The van der Waals surface area contributed by atoms with Gasteiger partial charge in [0.2, 0.25) is 5.91 Å². The summed E-state index contributed by atoms with van der Waals surface area (Å²) < 4.78 is 28.1. The van der Waals surface area contributed by atoms with Gasteiger partial charge in [0.15, 0.2) is 15.8 Å². The SMILES string of the molecule is CN=C(NCCC(=O)NC1CCS(=O)(=O)C1)NC1CN(C(=O)OC(C)(C)C)C1. The Morgan fingerprint density at radius 3 is 2.39 bits per heavy atom. The van der Waals surface area contributed by atoms with E-state index in [0.717, 1.165) is 0 Å². The van der Waals surface area contributed by atoms with E-state index in [-0.39, 0.29) is 42.0 Å². The van der Waals surface area contributed by atoms with Crippen LogP contribution in [0.2, 0.25) is 0 Å². The fourth-order valence-corrected chi connectivity index (χ4v) is 4.61.